The van der Waals surface area contributed by atoms with E-state index in [1.807, 2.05) is 19.1 Å². The first-order valence-electron chi connectivity index (χ1n) is 10.8. The van der Waals surface area contributed by atoms with Gasteiger partial charge in [0, 0.05) is 19.3 Å². The molecule has 0 unspecified atom stereocenters. The molecule has 9 heteroatoms. The first-order chi connectivity index (χ1) is 15.9. The average Bonchev–Trinajstić information content (AvgIpc) is 2.83. The summed E-state index contributed by atoms with van der Waals surface area (Å²) < 4.78 is 32.6. The second-order valence-electron chi connectivity index (χ2n) is 7.83. The molecule has 4 rings (SSSR count). The first-order valence-corrected chi connectivity index (χ1v) is 12.3. The molecule has 0 spiro atoms. The molecule has 3 aromatic rings. The van der Waals surface area contributed by atoms with Crippen LogP contribution in [0.2, 0.25) is 0 Å². The number of fused-ring (bicyclic) bond motifs is 1. The Hall–Kier alpha value is -3.46. The van der Waals surface area contributed by atoms with Crippen molar-refractivity contribution >= 4 is 21.9 Å². The average molecular weight is 467 g/mol. The highest BCUT2D eigenvalue weighted by molar-refractivity contribution is 7.90. The summed E-state index contributed by atoms with van der Waals surface area (Å²) in [5.74, 6) is 0.321. The topological polar surface area (TPSA) is 101 Å². The van der Waals surface area contributed by atoms with Crippen molar-refractivity contribution in [1.82, 2.24) is 14.7 Å². The smallest absolute Gasteiger partial charge is 0.268 e. The number of hydrogen-bond donors (Lipinski definition) is 1. The number of nitrogens with one attached hydrogen (secondary N) is 1. The van der Waals surface area contributed by atoms with Crippen LogP contribution in [0.5, 0.6) is 5.75 Å². The largest absolute Gasteiger partial charge is 0.497 e. The second-order valence-corrected chi connectivity index (χ2v) is 9.51. The Morgan fingerprint density at radius 1 is 1.12 bits per heavy atom. The van der Waals surface area contributed by atoms with Crippen LogP contribution >= 0.6 is 0 Å². The van der Waals surface area contributed by atoms with Gasteiger partial charge in [-0.15, -0.1) is 0 Å². The van der Waals surface area contributed by atoms with E-state index in [4.69, 9.17) is 4.74 Å². The van der Waals surface area contributed by atoms with Gasteiger partial charge in [-0.3, -0.25) is 4.79 Å². The van der Waals surface area contributed by atoms with Crippen LogP contribution in [0, 0.1) is 0 Å². The number of hydrogen-bond acceptors (Lipinski definition) is 7. The van der Waals surface area contributed by atoms with Crippen molar-refractivity contribution in [3.05, 3.63) is 77.1 Å². The molecule has 2 aromatic carbocycles. The van der Waals surface area contributed by atoms with Gasteiger partial charge in [0.25, 0.3) is 15.9 Å². The van der Waals surface area contributed by atoms with Gasteiger partial charge < -0.3 is 9.64 Å². The number of methoxy groups -OCH3 is 1. The fourth-order valence-electron chi connectivity index (χ4n) is 3.83. The molecule has 1 amide bonds. The van der Waals surface area contributed by atoms with Gasteiger partial charge in [-0.1, -0.05) is 37.6 Å². The lowest BCUT2D eigenvalue weighted by molar-refractivity contribution is 0.0979. The maximum absolute atomic E-state index is 12.9. The van der Waals surface area contributed by atoms with Crippen molar-refractivity contribution in [1.29, 1.82) is 0 Å². The second kappa shape index (κ2) is 9.58. The Bertz CT molecular complexity index is 1260. The lowest BCUT2D eigenvalue weighted by atomic mass is 10.0. The third-order valence-electron chi connectivity index (χ3n) is 5.60. The van der Waals surface area contributed by atoms with Crippen LogP contribution in [-0.2, 0) is 29.4 Å². The molecule has 0 aliphatic carbocycles. The number of aryl methyl sites for hydroxylation is 1. The molecule has 0 bridgehead atoms. The summed E-state index contributed by atoms with van der Waals surface area (Å²) in [4.78, 5) is 24.0. The van der Waals surface area contributed by atoms with Crippen LogP contribution in [0.25, 0.3) is 0 Å². The molecule has 0 fully saturated rings. The summed E-state index contributed by atoms with van der Waals surface area (Å²) in [6.45, 7) is 3.45. The summed E-state index contributed by atoms with van der Waals surface area (Å²) in [6, 6.07) is 14.1. The molecule has 0 radical (unpaired) electrons. The zero-order valence-electron chi connectivity index (χ0n) is 18.6. The van der Waals surface area contributed by atoms with Crippen molar-refractivity contribution in [3.8, 4) is 5.75 Å². The SMILES string of the molecule is CCCc1nc(N2CCc3ccccc3C2)ncc1C(=O)NS(=O)(=O)c1ccc(OC)cc1. The van der Waals surface area contributed by atoms with Crippen molar-refractivity contribution in [2.45, 2.75) is 37.6 Å². The minimum atomic E-state index is -4.05. The predicted octanol–water partition coefficient (Wildman–Crippen LogP) is 3.12. The van der Waals surface area contributed by atoms with Gasteiger partial charge in [0.2, 0.25) is 5.95 Å². The van der Waals surface area contributed by atoms with Crippen molar-refractivity contribution in [3.63, 3.8) is 0 Å². The van der Waals surface area contributed by atoms with Crippen LogP contribution in [0.1, 0.15) is 40.5 Å². The first kappa shape index (κ1) is 22.7. The van der Waals surface area contributed by atoms with Crippen molar-refractivity contribution in [2.75, 3.05) is 18.6 Å². The van der Waals surface area contributed by atoms with Gasteiger partial charge >= 0.3 is 0 Å². The number of carbonyl (C=O) groups excluding carboxylic acids is 1. The molecule has 0 saturated heterocycles. The highest BCUT2D eigenvalue weighted by Crippen LogP contribution is 2.23. The van der Waals surface area contributed by atoms with E-state index < -0.39 is 15.9 Å². The molecule has 1 N–H and O–H groups in total. The van der Waals surface area contributed by atoms with Crippen LogP contribution in [0.15, 0.2) is 59.6 Å². The maximum Gasteiger partial charge on any atom is 0.268 e. The molecule has 33 heavy (non-hydrogen) atoms. The van der Waals surface area contributed by atoms with Crippen LogP contribution < -0.4 is 14.4 Å². The molecule has 8 nitrogen and oxygen atoms in total. The Balaban J connectivity index is 1.56. The minimum absolute atomic E-state index is 0.0294. The quantitative estimate of drug-likeness (QED) is 0.571. The predicted molar refractivity (Wildman–Crippen MR) is 125 cm³/mol. The van der Waals surface area contributed by atoms with Crippen LogP contribution in [0.3, 0.4) is 0 Å². The number of sulfonamides is 1. The summed E-state index contributed by atoms with van der Waals surface area (Å²) in [5.41, 5.74) is 3.25. The molecule has 0 atom stereocenters. The van der Waals surface area contributed by atoms with E-state index in [0.717, 1.165) is 19.4 Å². The van der Waals surface area contributed by atoms with Gasteiger partial charge in [-0.05, 0) is 48.2 Å². The highest BCUT2D eigenvalue weighted by atomic mass is 32.2. The number of rotatable bonds is 7. The number of carbonyl (C=O) groups is 1. The van der Waals surface area contributed by atoms with Crippen molar-refractivity contribution in [2.24, 2.45) is 0 Å². The highest BCUT2D eigenvalue weighted by Gasteiger charge is 2.24. The number of benzene rings is 2. The third-order valence-corrected chi connectivity index (χ3v) is 6.94. The van der Waals surface area contributed by atoms with Gasteiger partial charge in [0.05, 0.1) is 23.3 Å². The number of amides is 1. The lowest BCUT2D eigenvalue weighted by Gasteiger charge is -2.29. The van der Waals surface area contributed by atoms with Gasteiger partial charge in [-0.25, -0.2) is 23.1 Å². The summed E-state index contributed by atoms with van der Waals surface area (Å²) >= 11 is 0. The fraction of sp³-hybridized carbons (Fsp3) is 0.292. The van der Waals surface area contributed by atoms with E-state index >= 15 is 0 Å². The summed E-state index contributed by atoms with van der Waals surface area (Å²) in [5, 5.41) is 0. The standard InChI is InChI=1S/C24H26N4O4S/c1-3-6-22-21(23(29)27-33(30,31)20-11-9-19(32-2)10-12-20)15-25-24(26-22)28-14-13-17-7-4-5-8-18(17)16-28/h4-5,7-12,15H,3,6,13-14,16H2,1-2H3,(H,27,29). The maximum atomic E-state index is 12.9. The molecular formula is C24H26N4O4S. The van der Waals surface area contributed by atoms with Gasteiger partial charge in [0.15, 0.2) is 0 Å². The molecule has 2 heterocycles. The van der Waals surface area contributed by atoms with Crippen LogP contribution in [0.4, 0.5) is 5.95 Å². The van der Waals surface area contributed by atoms with Gasteiger partial charge in [0.1, 0.15) is 5.75 Å². The molecular weight excluding hydrogens is 440 g/mol. The molecule has 1 aliphatic rings. The Labute approximate surface area is 193 Å². The fourth-order valence-corrected chi connectivity index (χ4v) is 4.80. The molecule has 172 valence electrons. The van der Waals surface area contributed by atoms with E-state index in [2.05, 4.69) is 31.7 Å². The molecule has 1 aliphatic heterocycles. The zero-order valence-corrected chi connectivity index (χ0v) is 19.4. The minimum Gasteiger partial charge on any atom is -0.497 e. The van der Waals surface area contributed by atoms with Crippen molar-refractivity contribution < 1.29 is 17.9 Å². The number of aromatic nitrogens is 2. The lowest BCUT2D eigenvalue weighted by Crippen LogP contribution is -2.34. The van der Waals surface area contributed by atoms with Gasteiger partial charge in [-0.2, -0.15) is 0 Å². The van der Waals surface area contributed by atoms with E-state index in [-0.39, 0.29) is 10.5 Å². The Kier molecular flexibility index (Phi) is 6.60. The zero-order chi connectivity index (χ0) is 23.4. The molecule has 0 saturated carbocycles. The Morgan fingerprint density at radius 3 is 2.55 bits per heavy atom. The van der Waals surface area contributed by atoms with E-state index in [9.17, 15) is 13.2 Å². The van der Waals surface area contributed by atoms with E-state index in [1.54, 1.807) is 0 Å². The summed E-state index contributed by atoms with van der Waals surface area (Å²) in [7, 11) is -2.56. The normalized spacial score (nSPS) is 13.3. The number of ether oxygens (including phenoxy) is 1. The van der Waals surface area contributed by atoms with E-state index in [0.29, 0.717) is 30.4 Å². The Morgan fingerprint density at radius 2 is 1.85 bits per heavy atom. The van der Waals surface area contributed by atoms with E-state index in [1.165, 1.54) is 48.7 Å². The molecule has 1 aromatic heterocycles. The summed E-state index contributed by atoms with van der Waals surface area (Å²) in [6.07, 6.45) is 3.60. The monoisotopic (exact) mass is 466 g/mol. The number of nitrogens with zero attached hydrogens (tertiary/aromatic N) is 3. The number of anilines is 1. The van der Waals surface area contributed by atoms with Crippen LogP contribution in [-0.4, -0.2) is 37.9 Å². The third kappa shape index (κ3) is 4.98.